The molecule has 2 heteroatoms. The number of nitrogens with zero attached hydrogens (tertiary/aromatic N) is 1. The maximum atomic E-state index is 9.84. The van der Waals surface area contributed by atoms with Gasteiger partial charge in [0.25, 0.3) is 0 Å². The second kappa shape index (κ2) is 12.8. The molecule has 0 N–H and O–H groups in total. The summed E-state index contributed by atoms with van der Waals surface area (Å²) >= 11 is 0. The standard InChI is InChI=1S/C25H45NO/c1-3-5-7-9-11-23-16-18-25(20-26,19-17-23)21-27-24-14-12-22(13-15-24)10-8-6-4-2/h22-24H,3-19,21H2,1-2H3. The van der Waals surface area contributed by atoms with Crippen molar-refractivity contribution >= 4 is 0 Å². The van der Waals surface area contributed by atoms with Gasteiger partial charge in [0.15, 0.2) is 0 Å². The number of ether oxygens (including phenoxy) is 1. The average molecular weight is 376 g/mol. The highest BCUT2D eigenvalue weighted by Crippen LogP contribution is 2.41. The second-order valence-electron chi connectivity index (χ2n) is 9.63. The molecule has 0 saturated heterocycles. The average Bonchev–Trinajstić information content (AvgIpc) is 2.72. The molecular weight excluding hydrogens is 330 g/mol. The third-order valence-electron chi connectivity index (χ3n) is 7.37. The van der Waals surface area contributed by atoms with Gasteiger partial charge in [0.1, 0.15) is 0 Å². The molecule has 0 aliphatic heterocycles. The molecule has 0 aromatic heterocycles. The number of hydrogen-bond donors (Lipinski definition) is 0. The van der Waals surface area contributed by atoms with Crippen LogP contribution in [0.15, 0.2) is 0 Å². The predicted octanol–water partition coefficient (Wildman–Crippen LogP) is 7.81. The van der Waals surface area contributed by atoms with Crippen molar-refractivity contribution in [3.05, 3.63) is 0 Å². The van der Waals surface area contributed by atoms with Gasteiger partial charge >= 0.3 is 0 Å². The topological polar surface area (TPSA) is 33.0 Å². The predicted molar refractivity (Wildman–Crippen MR) is 115 cm³/mol. The first-order valence-electron chi connectivity index (χ1n) is 12.2. The van der Waals surface area contributed by atoms with E-state index in [1.807, 2.05) is 0 Å². The minimum atomic E-state index is -0.183. The van der Waals surface area contributed by atoms with Gasteiger partial charge in [0.2, 0.25) is 0 Å². The van der Waals surface area contributed by atoms with Crippen LogP contribution in [0.5, 0.6) is 0 Å². The number of nitriles is 1. The molecule has 0 aromatic rings. The first-order chi connectivity index (χ1) is 13.2. The molecule has 2 rings (SSSR count). The summed E-state index contributed by atoms with van der Waals surface area (Å²) in [6, 6.07) is 2.67. The Morgan fingerprint density at radius 2 is 1.33 bits per heavy atom. The Kier molecular flexibility index (Phi) is 10.8. The van der Waals surface area contributed by atoms with E-state index in [9.17, 15) is 5.26 Å². The quantitative estimate of drug-likeness (QED) is 0.326. The van der Waals surface area contributed by atoms with Crippen molar-refractivity contribution in [3.63, 3.8) is 0 Å². The maximum absolute atomic E-state index is 9.84. The van der Waals surface area contributed by atoms with Crippen LogP contribution in [0.1, 0.15) is 123 Å². The molecule has 0 radical (unpaired) electrons. The molecule has 2 saturated carbocycles. The minimum Gasteiger partial charge on any atom is -0.377 e. The molecule has 0 spiro atoms. The third-order valence-corrected chi connectivity index (χ3v) is 7.37. The van der Waals surface area contributed by atoms with Crippen LogP contribution in [0, 0.1) is 28.6 Å². The van der Waals surface area contributed by atoms with E-state index < -0.39 is 0 Å². The van der Waals surface area contributed by atoms with E-state index in [1.54, 1.807) is 0 Å². The lowest BCUT2D eigenvalue weighted by atomic mass is 9.70. The van der Waals surface area contributed by atoms with E-state index in [4.69, 9.17) is 4.74 Å². The first-order valence-corrected chi connectivity index (χ1v) is 12.2. The molecule has 0 atom stereocenters. The van der Waals surface area contributed by atoms with E-state index in [2.05, 4.69) is 19.9 Å². The fourth-order valence-electron chi connectivity index (χ4n) is 5.21. The Labute approximate surface area is 169 Å². The summed E-state index contributed by atoms with van der Waals surface area (Å²) in [6.45, 7) is 5.26. The van der Waals surface area contributed by atoms with Gasteiger partial charge in [-0.05, 0) is 63.2 Å². The number of unbranched alkanes of at least 4 members (excludes halogenated alkanes) is 5. The van der Waals surface area contributed by atoms with E-state index in [0.29, 0.717) is 12.7 Å². The minimum absolute atomic E-state index is 0.183. The highest BCUT2D eigenvalue weighted by atomic mass is 16.5. The zero-order valence-corrected chi connectivity index (χ0v) is 18.3. The molecule has 2 fully saturated rings. The van der Waals surface area contributed by atoms with E-state index in [0.717, 1.165) is 24.7 Å². The summed E-state index contributed by atoms with van der Waals surface area (Å²) < 4.78 is 6.32. The van der Waals surface area contributed by atoms with Crippen LogP contribution < -0.4 is 0 Å². The van der Waals surface area contributed by atoms with Crippen LogP contribution in [0.4, 0.5) is 0 Å². The van der Waals surface area contributed by atoms with Crippen molar-refractivity contribution in [3.8, 4) is 6.07 Å². The number of rotatable bonds is 12. The molecule has 2 aliphatic carbocycles. The van der Waals surface area contributed by atoms with E-state index in [1.165, 1.54) is 96.3 Å². The fourth-order valence-corrected chi connectivity index (χ4v) is 5.21. The molecular formula is C25H45NO. The van der Waals surface area contributed by atoms with Gasteiger partial charge in [-0.1, -0.05) is 71.6 Å². The summed E-state index contributed by atoms with van der Waals surface area (Å²) in [6.07, 6.45) is 22.6. The number of hydrogen-bond acceptors (Lipinski definition) is 2. The fraction of sp³-hybridized carbons (Fsp3) is 0.960. The zero-order chi connectivity index (χ0) is 19.4. The normalized spacial score (nSPS) is 31.5. The Balaban J connectivity index is 1.62. The molecule has 2 aliphatic rings. The summed E-state index contributed by atoms with van der Waals surface area (Å²) in [5.41, 5.74) is -0.183. The first kappa shape index (κ1) is 22.7. The van der Waals surface area contributed by atoms with Gasteiger partial charge in [-0.25, -0.2) is 0 Å². The molecule has 0 heterocycles. The lowest BCUT2D eigenvalue weighted by Gasteiger charge is -2.37. The maximum Gasteiger partial charge on any atom is 0.0807 e. The van der Waals surface area contributed by atoms with Gasteiger partial charge in [-0.15, -0.1) is 0 Å². The lowest BCUT2D eigenvalue weighted by molar-refractivity contribution is -0.0300. The molecule has 0 amide bonds. The van der Waals surface area contributed by atoms with Crippen molar-refractivity contribution in [1.29, 1.82) is 5.26 Å². The van der Waals surface area contributed by atoms with Gasteiger partial charge in [-0.2, -0.15) is 5.26 Å². The van der Waals surface area contributed by atoms with Crippen LogP contribution >= 0.6 is 0 Å². The van der Waals surface area contributed by atoms with Crippen molar-refractivity contribution in [2.24, 2.45) is 17.3 Å². The Bertz CT molecular complexity index is 411. The van der Waals surface area contributed by atoms with Crippen LogP contribution in [0.3, 0.4) is 0 Å². The van der Waals surface area contributed by atoms with Gasteiger partial charge in [0.05, 0.1) is 24.2 Å². The molecule has 2 nitrogen and oxygen atoms in total. The SMILES string of the molecule is CCCCCCC1CCC(C#N)(COC2CCC(CCCCC)CC2)CC1. The van der Waals surface area contributed by atoms with Crippen molar-refractivity contribution in [2.75, 3.05) is 6.61 Å². The van der Waals surface area contributed by atoms with Crippen LogP contribution in [0.2, 0.25) is 0 Å². The molecule has 27 heavy (non-hydrogen) atoms. The Morgan fingerprint density at radius 3 is 1.93 bits per heavy atom. The van der Waals surface area contributed by atoms with Crippen molar-refractivity contribution in [1.82, 2.24) is 0 Å². The van der Waals surface area contributed by atoms with Gasteiger partial charge < -0.3 is 4.74 Å². The Morgan fingerprint density at radius 1 is 0.778 bits per heavy atom. The van der Waals surface area contributed by atoms with Gasteiger partial charge in [0, 0.05) is 0 Å². The smallest absolute Gasteiger partial charge is 0.0807 e. The van der Waals surface area contributed by atoms with Crippen LogP contribution in [-0.2, 0) is 4.74 Å². The molecule has 0 aromatic carbocycles. The summed E-state index contributed by atoms with van der Waals surface area (Å²) in [5.74, 6) is 1.80. The molecule has 0 unspecified atom stereocenters. The Hall–Kier alpha value is -0.550. The monoisotopic (exact) mass is 375 g/mol. The summed E-state index contributed by atoms with van der Waals surface area (Å²) in [4.78, 5) is 0. The van der Waals surface area contributed by atoms with Crippen molar-refractivity contribution in [2.45, 2.75) is 129 Å². The zero-order valence-electron chi connectivity index (χ0n) is 18.3. The highest BCUT2D eigenvalue weighted by Gasteiger charge is 2.36. The summed E-state index contributed by atoms with van der Waals surface area (Å²) in [5, 5.41) is 9.84. The largest absolute Gasteiger partial charge is 0.377 e. The lowest BCUT2D eigenvalue weighted by Crippen LogP contribution is -2.34. The van der Waals surface area contributed by atoms with Crippen LogP contribution in [-0.4, -0.2) is 12.7 Å². The molecule has 0 bridgehead atoms. The second-order valence-corrected chi connectivity index (χ2v) is 9.63. The molecule has 156 valence electrons. The van der Waals surface area contributed by atoms with Crippen molar-refractivity contribution < 1.29 is 4.74 Å². The highest BCUT2D eigenvalue weighted by molar-refractivity contribution is 5.02. The van der Waals surface area contributed by atoms with Crippen LogP contribution in [0.25, 0.3) is 0 Å². The van der Waals surface area contributed by atoms with E-state index >= 15 is 0 Å². The van der Waals surface area contributed by atoms with Gasteiger partial charge in [-0.3, -0.25) is 0 Å². The summed E-state index contributed by atoms with van der Waals surface area (Å²) in [7, 11) is 0. The third kappa shape index (κ3) is 8.15. The van der Waals surface area contributed by atoms with E-state index in [-0.39, 0.29) is 5.41 Å².